The summed E-state index contributed by atoms with van der Waals surface area (Å²) in [6, 6.07) is 35.6. The average molecular weight is 1110 g/mol. The first-order chi connectivity index (χ1) is 39.3. The van der Waals surface area contributed by atoms with Crippen molar-refractivity contribution in [2.75, 3.05) is 72.6 Å². The van der Waals surface area contributed by atoms with E-state index in [1.165, 1.54) is 29.8 Å². The Bertz CT molecular complexity index is 4020. The van der Waals surface area contributed by atoms with E-state index in [9.17, 15) is 19.2 Å². The van der Waals surface area contributed by atoms with E-state index in [2.05, 4.69) is 90.7 Å². The van der Waals surface area contributed by atoms with Gasteiger partial charge in [0.05, 0.1) is 6.54 Å². The zero-order valence-electron chi connectivity index (χ0n) is 48.8. The van der Waals surface area contributed by atoms with Gasteiger partial charge in [-0.3, -0.25) is 0 Å². The van der Waals surface area contributed by atoms with Crippen LogP contribution in [0.15, 0.2) is 183 Å². The quantitative estimate of drug-likeness (QED) is 0.0533. The van der Waals surface area contributed by atoms with Crippen LogP contribution >= 0.6 is 0 Å². The Morgan fingerprint density at radius 3 is 1.39 bits per heavy atom. The number of hydrogen-bond donors (Lipinski definition) is 3. The number of benzene rings is 5. The van der Waals surface area contributed by atoms with Crippen LogP contribution in [0.4, 0.5) is 28.4 Å². The van der Waals surface area contributed by atoms with E-state index in [4.69, 9.17) is 28.8 Å². The highest BCUT2D eigenvalue weighted by Gasteiger charge is 2.14. The zero-order valence-corrected chi connectivity index (χ0v) is 48.8. The van der Waals surface area contributed by atoms with E-state index in [1.54, 1.807) is 12.1 Å². The van der Waals surface area contributed by atoms with Crippen LogP contribution in [0.25, 0.3) is 49.5 Å². The van der Waals surface area contributed by atoms with Gasteiger partial charge in [-0.1, -0.05) is 39.3 Å². The summed E-state index contributed by atoms with van der Waals surface area (Å²) in [5, 5.41) is 13.3. The molecule has 0 saturated heterocycles. The van der Waals surface area contributed by atoms with Crippen molar-refractivity contribution < 1.29 is 22.4 Å². The third-order valence-electron chi connectivity index (χ3n) is 13.1. The van der Waals surface area contributed by atoms with Crippen molar-refractivity contribution in [2.45, 2.75) is 74.7 Å². The molecule has 14 nitrogen and oxygen atoms in total. The molecule has 0 aliphatic carbocycles. The molecule has 0 atom stereocenters. The number of nitrogens with zero attached hydrogens (tertiary/aromatic N) is 2. The second-order valence-corrected chi connectivity index (χ2v) is 19.9. The molecule has 5 aromatic carbocycles. The summed E-state index contributed by atoms with van der Waals surface area (Å²) in [4.78, 5) is 49.5. The number of rotatable bonds is 14. The van der Waals surface area contributed by atoms with Crippen LogP contribution in [0, 0.1) is 40.0 Å². The fourth-order valence-electron chi connectivity index (χ4n) is 9.03. The molecule has 10 rings (SSSR count). The highest BCUT2D eigenvalue weighted by molar-refractivity contribution is 5.86. The van der Waals surface area contributed by atoms with Crippen LogP contribution in [-0.2, 0) is 0 Å². The van der Waals surface area contributed by atoms with Crippen LogP contribution < -0.4 is 53.0 Å². The van der Waals surface area contributed by atoms with Crippen molar-refractivity contribution in [3.63, 3.8) is 0 Å². The molecule has 1 aliphatic heterocycles. The summed E-state index contributed by atoms with van der Waals surface area (Å²) in [5.74, 6) is 4.08. The number of aryl methyl sites for hydroxylation is 4. The predicted molar refractivity (Wildman–Crippen MR) is 341 cm³/mol. The van der Waals surface area contributed by atoms with Crippen molar-refractivity contribution in [1.82, 2.24) is 0 Å². The van der Waals surface area contributed by atoms with E-state index < -0.39 is 0 Å². The molecule has 14 heteroatoms. The highest BCUT2D eigenvalue weighted by Crippen LogP contribution is 2.35. The molecule has 0 saturated carbocycles. The number of fused-ring (bicyclic) bond motifs is 5. The van der Waals surface area contributed by atoms with E-state index >= 15 is 0 Å². The maximum absolute atomic E-state index is 11.5. The van der Waals surface area contributed by atoms with Gasteiger partial charge in [0.1, 0.15) is 33.8 Å². The van der Waals surface area contributed by atoms with Gasteiger partial charge in [0.2, 0.25) is 0 Å². The van der Waals surface area contributed by atoms with Crippen molar-refractivity contribution in [3.8, 4) is 18.1 Å². The van der Waals surface area contributed by atoms with Gasteiger partial charge >= 0.3 is 22.5 Å². The van der Waals surface area contributed by atoms with E-state index in [0.717, 1.165) is 122 Å². The second-order valence-electron chi connectivity index (χ2n) is 19.9. The van der Waals surface area contributed by atoms with Gasteiger partial charge < -0.3 is 48.2 Å². The standard InChI is InChI=1S/C16H21NO2.C13H15NO2.C13H13NO2.C13H11NO2.C13H15NO/c1-4-8-17(9-5-2)13-6-7-14-12(3)10-16(18)19-15(14)11-13;3*1-3-6-14-10-4-5-11-9(2)7-13(15)16-12(11)8-10;1-9-7-10(2)15-13-8-11(14(3)4)5-6-12(9)13/h6-7,10-11H,4-5,8-9H2,1-3H3;4-5,7-8,14H,3,6H2,1-2H3;3-5,7-8,14H,1,6H2,2H3;1,4-5,7-8,14H,6H2,2H3;5-8H,2H2,1,3-4H3. The first-order valence-electron chi connectivity index (χ1n) is 27.4. The molecule has 426 valence electrons. The zero-order chi connectivity index (χ0) is 59.5. The first kappa shape index (κ1) is 61.7. The Kier molecular flexibility index (Phi) is 22.3. The molecule has 0 amide bonds. The summed E-state index contributed by atoms with van der Waals surface area (Å²) >= 11 is 0. The van der Waals surface area contributed by atoms with Crippen LogP contribution in [0.2, 0.25) is 0 Å². The molecule has 3 N–H and O–H groups in total. The number of anilines is 5. The molecule has 5 heterocycles. The largest absolute Gasteiger partial charge is 0.457 e. The Balaban J connectivity index is 0.000000165. The van der Waals surface area contributed by atoms with Crippen LogP contribution in [0.1, 0.15) is 74.8 Å². The summed E-state index contributed by atoms with van der Waals surface area (Å²) in [7, 11) is 4.03. The molecule has 0 unspecified atom stereocenters. The van der Waals surface area contributed by atoms with Crippen molar-refractivity contribution in [1.29, 1.82) is 0 Å². The fraction of sp³-hybridized carbons (Fsp3) is 0.265. The first-order valence-corrected chi connectivity index (χ1v) is 27.4. The minimum absolute atomic E-state index is 0.278. The lowest BCUT2D eigenvalue weighted by Gasteiger charge is -2.23. The molecule has 1 aliphatic rings. The topological polar surface area (TPSA) is 173 Å². The van der Waals surface area contributed by atoms with E-state index in [1.807, 2.05) is 115 Å². The Hall–Kier alpha value is -9.48. The minimum Gasteiger partial charge on any atom is -0.457 e. The van der Waals surface area contributed by atoms with Crippen LogP contribution in [0.3, 0.4) is 0 Å². The van der Waals surface area contributed by atoms with Gasteiger partial charge in [-0.15, -0.1) is 13.0 Å². The second kappa shape index (κ2) is 29.7. The number of terminal acetylenes is 1. The highest BCUT2D eigenvalue weighted by atomic mass is 16.5. The molecular weight excluding hydrogens is 1030 g/mol. The third kappa shape index (κ3) is 17.0. The summed E-state index contributed by atoms with van der Waals surface area (Å²) < 4.78 is 26.3. The molecule has 0 spiro atoms. The minimum atomic E-state index is -0.334. The molecule has 4 aromatic heterocycles. The number of nitrogens with one attached hydrogen (secondary N) is 3. The third-order valence-corrected chi connectivity index (χ3v) is 13.1. The van der Waals surface area contributed by atoms with E-state index in [0.29, 0.717) is 41.2 Å². The molecular formula is C68H75N5O9. The van der Waals surface area contributed by atoms with Crippen molar-refractivity contribution >= 4 is 77.9 Å². The Morgan fingerprint density at radius 2 is 0.963 bits per heavy atom. The Morgan fingerprint density at radius 1 is 0.537 bits per heavy atom. The normalized spacial score (nSPS) is 11.1. The Labute approximate surface area is 479 Å². The molecule has 0 bridgehead atoms. The summed E-state index contributed by atoms with van der Waals surface area (Å²) in [6.07, 6.45) is 12.2. The SMILES string of the molecule is C#CCNc1ccc2c(C)cc(=O)oc2c1.C=C1C=C(C)c2ccc(N(C)C)cc2O1.C=CCNc1ccc2c(C)cc(=O)oc2c1.CCCN(CCC)c1ccc2c(C)cc(=O)oc2c1.CCCNc1ccc2c(C)cc(=O)oc2c1. The smallest absolute Gasteiger partial charge is 0.336 e. The molecule has 82 heavy (non-hydrogen) atoms. The van der Waals surface area contributed by atoms with E-state index in [-0.39, 0.29) is 22.5 Å². The maximum atomic E-state index is 11.5. The number of allylic oxidation sites excluding steroid dienone is 2. The predicted octanol–water partition coefficient (Wildman–Crippen LogP) is 14.6. The van der Waals surface area contributed by atoms with Gasteiger partial charge in [-0.05, 0) is 148 Å². The molecule has 0 fully saturated rings. The van der Waals surface area contributed by atoms with Gasteiger partial charge in [0.25, 0.3) is 0 Å². The average Bonchev–Trinajstić information content (AvgIpc) is 3.54. The van der Waals surface area contributed by atoms with Crippen LogP contribution in [-0.4, -0.2) is 46.8 Å². The lowest BCUT2D eigenvalue weighted by Crippen LogP contribution is -2.24. The molecule has 9 aromatic rings. The summed E-state index contributed by atoms with van der Waals surface area (Å²) in [6.45, 7) is 27.7. The van der Waals surface area contributed by atoms with Gasteiger partial charge in [-0.25, -0.2) is 19.2 Å². The molecule has 0 radical (unpaired) electrons. The monoisotopic (exact) mass is 1110 g/mol. The van der Waals surface area contributed by atoms with Gasteiger partial charge in [-0.2, -0.15) is 0 Å². The van der Waals surface area contributed by atoms with Crippen molar-refractivity contribution in [3.05, 3.63) is 216 Å². The lowest BCUT2D eigenvalue weighted by molar-refractivity contribution is 0.441. The number of ether oxygens (including phenoxy) is 1. The van der Waals surface area contributed by atoms with Crippen molar-refractivity contribution in [2.24, 2.45) is 0 Å². The van der Waals surface area contributed by atoms with Gasteiger partial charge in [0.15, 0.2) is 0 Å². The van der Waals surface area contributed by atoms with Gasteiger partial charge in [0, 0.05) is 150 Å². The maximum Gasteiger partial charge on any atom is 0.336 e. The number of hydrogen-bond acceptors (Lipinski definition) is 14. The fourth-order valence-corrected chi connectivity index (χ4v) is 9.03. The summed E-state index contributed by atoms with van der Waals surface area (Å²) in [5.41, 5.74) is 12.4. The lowest BCUT2D eigenvalue weighted by atomic mass is 10.0. The van der Waals surface area contributed by atoms with Crippen LogP contribution in [0.5, 0.6) is 5.75 Å².